The molecule has 0 amide bonds. The monoisotopic (exact) mass is 504 g/mol. The minimum Gasteiger partial charge on any atom is -0.494 e. The molecule has 0 atom stereocenters. The van der Waals surface area contributed by atoms with Crippen LogP contribution in [0.5, 0.6) is 11.5 Å². The molecule has 3 rings (SSSR count). The molecule has 0 bridgehead atoms. The molecule has 190 valence electrons. The third kappa shape index (κ3) is 12.0. The summed E-state index contributed by atoms with van der Waals surface area (Å²) in [5, 5.41) is 0. The van der Waals surface area contributed by atoms with Crippen LogP contribution >= 0.6 is 0 Å². The number of hydrogen-bond donors (Lipinski definition) is 0. The van der Waals surface area contributed by atoms with Gasteiger partial charge in [-0.3, -0.25) is 0 Å². The number of ether oxygens (including phenoxy) is 2. The van der Waals surface area contributed by atoms with E-state index in [1.54, 1.807) is 0 Å². The molecular weight excluding hydrogens is 472 g/mol. The van der Waals surface area contributed by atoms with Crippen LogP contribution in [0, 0.1) is 10.2 Å². The van der Waals surface area contributed by atoms with E-state index in [2.05, 4.69) is 13.8 Å². The zero-order valence-electron chi connectivity index (χ0n) is 20.2. The molecule has 0 N–H and O–H groups in total. The van der Waals surface area contributed by atoms with E-state index >= 15 is 0 Å². The van der Waals surface area contributed by atoms with Gasteiger partial charge in [0, 0.05) is 12.1 Å². The maximum atomic E-state index is 8.49. The van der Waals surface area contributed by atoms with E-state index in [0.717, 1.165) is 60.2 Å². The molecule has 0 fully saturated rings. The number of unbranched alkanes of at least 4 members (excludes halogenated alkanes) is 4. The lowest BCUT2D eigenvalue weighted by Gasteiger charge is -2.17. The Bertz CT molecular complexity index is 893. The smallest absolute Gasteiger partial charge is 0.360 e. The van der Waals surface area contributed by atoms with Crippen LogP contribution in [0.25, 0.3) is 22.6 Å². The molecule has 3 aromatic rings. The van der Waals surface area contributed by atoms with Crippen molar-refractivity contribution in [2.45, 2.75) is 52.4 Å². The van der Waals surface area contributed by atoms with E-state index < -0.39 is 10.2 Å². The van der Waals surface area contributed by atoms with Crippen LogP contribution in [0.4, 0.5) is 0 Å². The molecule has 0 saturated heterocycles. The van der Waals surface area contributed by atoms with Crippen LogP contribution in [-0.4, -0.2) is 13.2 Å². The average molecular weight is 505 g/mol. The van der Waals surface area contributed by atoms with Crippen LogP contribution in [0.3, 0.4) is 0 Å². The van der Waals surface area contributed by atoms with Gasteiger partial charge in [-0.25, -0.2) is 23.1 Å². The minimum atomic E-state index is -4.94. The van der Waals surface area contributed by atoms with Gasteiger partial charge in [0.1, 0.15) is 11.5 Å². The van der Waals surface area contributed by atoms with E-state index in [-0.39, 0.29) is 0 Å². The summed E-state index contributed by atoms with van der Waals surface area (Å²) in [4.78, 5) is 0. The Morgan fingerprint density at radius 3 is 1.31 bits per heavy atom. The second-order valence-corrected chi connectivity index (χ2v) is 8.65. The summed E-state index contributed by atoms with van der Waals surface area (Å²) >= 11 is 0. The first kappa shape index (κ1) is 28.6. The lowest BCUT2D eigenvalue weighted by atomic mass is 10.1. The highest BCUT2D eigenvalue weighted by Crippen LogP contribution is 2.28. The first-order valence-electron chi connectivity index (χ1n) is 11.8. The van der Waals surface area contributed by atoms with Crippen LogP contribution in [0.15, 0.2) is 71.1 Å². The fourth-order valence-electron chi connectivity index (χ4n) is 3.23. The molecule has 35 heavy (non-hydrogen) atoms. The van der Waals surface area contributed by atoms with Gasteiger partial charge >= 0.3 is 11.5 Å². The van der Waals surface area contributed by atoms with Gasteiger partial charge in [0.25, 0.3) is 0 Å². The number of rotatable bonds is 12. The quantitative estimate of drug-likeness (QED) is 0.274. The summed E-state index contributed by atoms with van der Waals surface area (Å²) < 4.78 is 51.8. The third-order valence-electron chi connectivity index (χ3n) is 5.03. The van der Waals surface area contributed by atoms with E-state index in [0.29, 0.717) is 0 Å². The van der Waals surface area contributed by atoms with Gasteiger partial charge in [-0.2, -0.15) is 0 Å². The predicted octanol–water partition coefficient (Wildman–Crippen LogP) is 3.28. The van der Waals surface area contributed by atoms with Gasteiger partial charge < -0.3 is 9.47 Å². The fraction of sp³-hybridized carbons (Fsp3) is 0.370. The molecular formula is C27H33ClO7. The van der Waals surface area contributed by atoms with Crippen molar-refractivity contribution in [1.82, 2.24) is 0 Å². The molecule has 0 aliphatic rings. The zero-order valence-corrected chi connectivity index (χ0v) is 21.0. The van der Waals surface area contributed by atoms with Crippen LogP contribution in [0.1, 0.15) is 52.4 Å². The normalized spacial score (nSPS) is 10.9. The van der Waals surface area contributed by atoms with Crippen LogP contribution in [0.2, 0.25) is 0 Å². The molecule has 0 radical (unpaired) electrons. The largest absolute Gasteiger partial charge is 0.494 e. The Morgan fingerprint density at radius 1 is 0.600 bits per heavy atom. The van der Waals surface area contributed by atoms with E-state index in [9.17, 15) is 0 Å². The topological polar surface area (TPSA) is 122 Å². The lowest BCUT2D eigenvalue weighted by molar-refractivity contribution is -2.00. The highest BCUT2D eigenvalue weighted by atomic mass is 35.7. The first-order chi connectivity index (χ1) is 16.8. The molecule has 2 aromatic carbocycles. The van der Waals surface area contributed by atoms with Crippen molar-refractivity contribution >= 4 is 0 Å². The van der Waals surface area contributed by atoms with Crippen molar-refractivity contribution < 1.29 is 42.8 Å². The number of hydrogen-bond acceptors (Lipinski definition) is 6. The van der Waals surface area contributed by atoms with E-state index in [4.69, 9.17) is 32.5 Å². The zero-order chi connectivity index (χ0) is 25.5. The van der Waals surface area contributed by atoms with E-state index in [1.807, 2.05) is 66.7 Å². The predicted molar refractivity (Wildman–Crippen MR) is 124 cm³/mol. The van der Waals surface area contributed by atoms with Gasteiger partial charge in [-0.1, -0.05) is 39.5 Å². The molecule has 1 aromatic heterocycles. The summed E-state index contributed by atoms with van der Waals surface area (Å²) in [5.74, 6) is 3.48. The second-order valence-electron chi connectivity index (χ2n) is 7.89. The summed E-state index contributed by atoms with van der Waals surface area (Å²) in [6.07, 6.45) is 7.01. The van der Waals surface area contributed by atoms with E-state index in [1.165, 1.54) is 25.7 Å². The van der Waals surface area contributed by atoms with Crippen molar-refractivity contribution in [3.8, 4) is 34.1 Å². The highest BCUT2D eigenvalue weighted by Gasteiger charge is 2.17. The fourth-order valence-corrected chi connectivity index (χ4v) is 3.23. The van der Waals surface area contributed by atoms with Gasteiger partial charge in [-0.15, -0.1) is 10.2 Å². The minimum absolute atomic E-state index is 0.769. The van der Waals surface area contributed by atoms with Crippen molar-refractivity contribution in [2.24, 2.45) is 0 Å². The lowest BCUT2D eigenvalue weighted by Crippen LogP contribution is -2.68. The Kier molecular flexibility index (Phi) is 12.5. The Hall–Kier alpha value is -2.68. The molecule has 1 heterocycles. The number of benzene rings is 2. The van der Waals surface area contributed by atoms with Crippen molar-refractivity contribution in [2.75, 3.05) is 13.2 Å². The maximum absolute atomic E-state index is 8.49. The van der Waals surface area contributed by atoms with Gasteiger partial charge in [0.15, 0.2) is 0 Å². The Balaban J connectivity index is 0.000000784. The molecule has 0 aliphatic heterocycles. The Labute approximate surface area is 209 Å². The summed E-state index contributed by atoms with van der Waals surface area (Å²) in [5.41, 5.74) is 2.07. The Morgan fingerprint density at radius 2 is 0.971 bits per heavy atom. The van der Waals surface area contributed by atoms with Crippen LogP contribution in [-0.2, 0) is 0 Å². The second kappa shape index (κ2) is 15.3. The first-order valence-corrected chi connectivity index (χ1v) is 13.0. The molecule has 0 aliphatic carbocycles. The average Bonchev–Trinajstić information content (AvgIpc) is 2.84. The standard InChI is InChI=1S/C27H33O3.ClHO4/c1-3-5-7-20-28-24-16-12-22(13-17-24)26-10-9-11-27(30-26)23-14-18-25(19-15-23)29-21-8-6-4-2;2-1(3,4)5/h9-19H,3-8,20-21H2,1-2H3;(H,2,3,4,5)/q+1;/p-1. The molecule has 0 unspecified atom stereocenters. The molecule has 0 saturated carbocycles. The van der Waals surface area contributed by atoms with Crippen molar-refractivity contribution in [3.63, 3.8) is 0 Å². The van der Waals surface area contributed by atoms with Crippen molar-refractivity contribution in [1.29, 1.82) is 0 Å². The SMILES string of the molecule is CCCCCOc1ccc(-c2cccc(-c3ccc(OCCCCC)cc3)[o+]2)cc1.[O-][Cl+3]([O-])([O-])[O-]. The van der Waals surface area contributed by atoms with Crippen LogP contribution < -0.4 is 28.1 Å². The summed E-state index contributed by atoms with van der Waals surface area (Å²) in [6, 6.07) is 22.2. The van der Waals surface area contributed by atoms with Gasteiger partial charge in [0.2, 0.25) is 0 Å². The number of halogens is 1. The molecule has 8 heteroatoms. The summed E-state index contributed by atoms with van der Waals surface area (Å²) in [7, 11) is -4.94. The van der Waals surface area contributed by atoms with Crippen molar-refractivity contribution in [3.05, 3.63) is 66.7 Å². The summed E-state index contributed by atoms with van der Waals surface area (Å²) in [6.45, 7) is 5.93. The highest BCUT2D eigenvalue weighted by molar-refractivity contribution is 5.63. The molecule has 0 spiro atoms. The maximum Gasteiger partial charge on any atom is 0.360 e. The molecule has 7 nitrogen and oxygen atoms in total. The van der Waals surface area contributed by atoms with Gasteiger partial charge in [-0.05, 0) is 67.4 Å². The van der Waals surface area contributed by atoms with Gasteiger partial charge in [0.05, 0.1) is 24.3 Å². The third-order valence-corrected chi connectivity index (χ3v) is 5.03.